The van der Waals surface area contributed by atoms with Gasteiger partial charge in [-0.25, -0.2) is 0 Å². The number of carbonyl (C=O) groups is 2. The highest BCUT2D eigenvalue weighted by atomic mass is 35.5. The van der Waals surface area contributed by atoms with Gasteiger partial charge < -0.3 is 15.5 Å². The van der Waals surface area contributed by atoms with Crippen molar-refractivity contribution in [2.75, 3.05) is 22.1 Å². The maximum absolute atomic E-state index is 13.3. The fourth-order valence-corrected chi connectivity index (χ4v) is 4.19. The van der Waals surface area contributed by atoms with Gasteiger partial charge in [0.25, 0.3) is 5.91 Å². The van der Waals surface area contributed by atoms with Gasteiger partial charge in [0.1, 0.15) is 6.04 Å². The smallest absolute Gasteiger partial charge is 0.251 e. The molecule has 0 bridgehead atoms. The number of aryl methyl sites for hydroxylation is 2. The number of hydrogen-bond donors (Lipinski definition) is 2. The summed E-state index contributed by atoms with van der Waals surface area (Å²) >= 11 is 6.52. The van der Waals surface area contributed by atoms with Crippen molar-refractivity contribution in [2.24, 2.45) is 0 Å². The number of benzene rings is 3. The minimum Gasteiger partial charge on any atom is -0.370 e. The number of nitrogens with zero attached hydrogens (tertiary/aromatic N) is 1. The molecule has 1 aliphatic rings. The molecule has 1 unspecified atom stereocenters. The van der Waals surface area contributed by atoms with Crippen LogP contribution in [0, 0.1) is 13.8 Å². The molecule has 3 aromatic rings. The fraction of sp³-hybridized carbons (Fsp3) is 0.231. The zero-order valence-corrected chi connectivity index (χ0v) is 18.9. The molecule has 6 heteroatoms. The van der Waals surface area contributed by atoms with E-state index in [0.29, 0.717) is 29.4 Å². The Hall–Kier alpha value is -3.31. The quantitative estimate of drug-likeness (QED) is 0.496. The van der Waals surface area contributed by atoms with Gasteiger partial charge >= 0.3 is 0 Å². The van der Waals surface area contributed by atoms with Crippen LogP contribution in [-0.2, 0) is 9.59 Å². The summed E-state index contributed by atoms with van der Waals surface area (Å²) in [5.74, 6) is -0.0810. The number of anilines is 3. The Morgan fingerprint density at radius 3 is 2.50 bits per heavy atom. The molecular formula is C26H26ClN3O2. The number of halogens is 1. The largest absolute Gasteiger partial charge is 0.370 e. The minimum atomic E-state index is -0.619. The van der Waals surface area contributed by atoms with Crippen molar-refractivity contribution in [1.29, 1.82) is 0 Å². The van der Waals surface area contributed by atoms with Crippen LogP contribution in [0.5, 0.6) is 0 Å². The normalized spacial score (nSPS) is 14.3. The lowest BCUT2D eigenvalue weighted by molar-refractivity contribution is -0.117. The van der Waals surface area contributed by atoms with Crippen LogP contribution >= 0.6 is 11.6 Å². The zero-order chi connectivity index (χ0) is 22.7. The molecule has 164 valence electrons. The van der Waals surface area contributed by atoms with E-state index in [1.165, 1.54) is 0 Å². The molecule has 2 amide bonds. The van der Waals surface area contributed by atoms with Crippen molar-refractivity contribution < 1.29 is 9.59 Å². The van der Waals surface area contributed by atoms with Crippen molar-refractivity contribution >= 4 is 40.5 Å². The lowest BCUT2D eigenvalue weighted by atomic mass is 10.0. The lowest BCUT2D eigenvalue weighted by Gasteiger charge is -2.22. The molecule has 0 spiro atoms. The zero-order valence-electron chi connectivity index (χ0n) is 18.2. The molecule has 1 aliphatic heterocycles. The highest BCUT2D eigenvalue weighted by Gasteiger charge is 2.25. The first-order valence-electron chi connectivity index (χ1n) is 10.7. The Morgan fingerprint density at radius 2 is 1.81 bits per heavy atom. The summed E-state index contributed by atoms with van der Waals surface area (Å²) in [6.07, 6.45) is 1.38. The van der Waals surface area contributed by atoms with Crippen LogP contribution in [0.25, 0.3) is 0 Å². The average Bonchev–Trinajstić information content (AvgIpc) is 3.20. The molecule has 1 saturated heterocycles. The summed E-state index contributed by atoms with van der Waals surface area (Å²) in [5.41, 5.74) is 5.11. The van der Waals surface area contributed by atoms with Crippen LogP contribution in [0.2, 0.25) is 5.02 Å². The Kier molecular flexibility index (Phi) is 6.47. The Balaban J connectivity index is 1.60. The SMILES string of the molecule is Cc1ccc(C)c(NC(=O)C(Nc2ccc(N3CCCC3=O)c(Cl)c2)c2ccccc2)c1. The van der Waals surface area contributed by atoms with Crippen LogP contribution in [0.4, 0.5) is 17.1 Å². The average molecular weight is 448 g/mol. The molecule has 5 nitrogen and oxygen atoms in total. The summed E-state index contributed by atoms with van der Waals surface area (Å²) in [6.45, 7) is 4.64. The van der Waals surface area contributed by atoms with Gasteiger partial charge in [0.05, 0.1) is 10.7 Å². The minimum absolute atomic E-state index is 0.0858. The molecule has 0 radical (unpaired) electrons. The highest BCUT2D eigenvalue weighted by molar-refractivity contribution is 6.34. The molecule has 2 N–H and O–H groups in total. The van der Waals surface area contributed by atoms with E-state index in [-0.39, 0.29) is 11.8 Å². The van der Waals surface area contributed by atoms with Crippen molar-refractivity contribution in [3.05, 3.63) is 88.4 Å². The monoisotopic (exact) mass is 447 g/mol. The highest BCUT2D eigenvalue weighted by Crippen LogP contribution is 2.33. The predicted molar refractivity (Wildman–Crippen MR) is 130 cm³/mol. The molecule has 0 aliphatic carbocycles. The van der Waals surface area contributed by atoms with E-state index in [1.54, 1.807) is 11.0 Å². The molecule has 3 aromatic carbocycles. The Morgan fingerprint density at radius 1 is 1.03 bits per heavy atom. The number of carbonyl (C=O) groups excluding carboxylic acids is 2. The molecule has 1 fully saturated rings. The van der Waals surface area contributed by atoms with Crippen LogP contribution in [0.3, 0.4) is 0 Å². The topological polar surface area (TPSA) is 61.4 Å². The van der Waals surface area contributed by atoms with Gasteiger partial charge in [-0.3, -0.25) is 9.59 Å². The van der Waals surface area contributed by atoms with E-state index in [4.69, 9.17) is 11.6 Å². The molecule has 0 saturated carbocycles. The van der Waals surface area contributed by atoms with E-state index >= 15 is 0 Å². The first-order valence-corrected chi connectivity index (χ1v) is 11.1. The summed E-state index contributed by atoms with van der Waals surface area (Å²) in [4.78, 5) is 27.1. The van der Waals surface area contributed by atoms with E-state index in [9.17, 15) is 9.59 Å². The summed E-state index contributed by atoms with van der Waals surface area (Å²) in [5, 5.41) is 6.86. The molecule has 4 rings (SSSR count). The van der Waals surface area contributed by atoms with Gasteiger partial charge in [-0.2, -0.15) is 0 Å². The Labute approximate surface area is 193 Å². The van der Waals surface area contributed by atoms with E-state index in [0.717, 1.165) is 28.8 Å². The summed E-state index contributed by atoms with van der Waals surface area (Å²) in [6, 6.07) is 20.4. The third kappa shape index (κ3) is 4.78. The third-order valence-electron chi connectivity index (χ3n) is 5.67. The second kappa shape index (κ2) is 9.45. The van der Waals surface area contributed by atoms with Crippen LogP contribution in [-0.4, -0.2) is 18.4 Å². The van der Waals surface area contributed by atoms with Crippen molar-refractivity contribution in [2.45, 2.75) is 32.7 Å². The van der Waals surface area contributed by atoms with Gasteiger partial charge in [0, 0.05) is 24.3 Å². The molecule has 1 atom stereocenters. The van der Waals surface area contributed by atoms with Gasteiger partial charge in [0.2, 0.25) is 5.91 Å². The summed E-state index contributed by atoms with van der Waals surface area (Å²) in [7, 11) is 0. The van der Waals surface area contributed by atoms with Gasteiger partial charge in [-0.05, 0) is 61.2 Å². The van der Waals surface area contributed by atoms with Crippen LogP contribution in [0.1, 0.15) is 35.6 Å². The van der Waals surface area contributed by atoms with E-state index < -0.39 is 6.04 Å². The van der Waals surface area contributed by atoms with Crippen LogP contribution < -0.4 is 15.5 Å². The van der Waals surface area contributed by atoms with Gasteiger partial charge in [0.15, 0.2) is 0 Å². The molecule has 32 heavy (non-hydrogen) atoms. The van der Waals surface area contributed by atoms with Crippen molar-refractivity contribution in [1.82, 2.24) is 0 Å². The maximum Gasteiger partial charge on any atom is 0.251 e. The second-order valence-corrected chi connectivity index (χ2v) is 8.52. The van der Waals surface area contributed by atoms with Gasteiger partial charge in [-0.1, -0.05) is 54.1 Å². The van der Waals surface area contributed by atoms with E-state index in [2.05, 4.69) is 10.6 Å². The molecule has 0 aromatic heterocycles. The fourth-order valence-electron chi connectivity index (χ4n) is 3.91. The van der Waals surface area contributed by atoms with Gasteiger partial charge in [-0.15, -0.1) is 0 Å². The number of rotatable bonds is 6. The third-order valence-corrected chi connectivity index (χ3v) is 5.97. The summed E-state index contributed by atoms with van der Waals surface area (Å²) < 4.78 is 0. The van der Waals surface area contributed by atoms with E-state index in [1.807, 2.05) is 74.5 Å². The number of amides is 2. The lowest BCUT2D eigenvalue weighted by Crippen LogP contribution is -2.28. The first kappa shape index (κ1) is 21.9. The molecule has 1 heterocycles. The Bertz CT molecular complexity index is 1150. The molecular weight excluding hydrogens is 422 g/mol. The standard InChI is InChI=1S/C26H26ClN3O2/c1-17-10-11-18(2)22(15-17)29-26(32)25(19-7-4-3-5-8-19)28-20-12-13-23(21(27)16-20)30-14-6-9-24(30)31/h3-5,7-8,10-13,15-16,25,28H,6,9,14H2,1-2H3,(H,29,32). The van der Waals surface area contributed by atoms with Crippen molar-refractivity contribution in [3.8, 4) is 0 Å². The second-order valence-electron chi connectivity index (χ2n) is 8.11. The number of hydrogen-bond acceptors (Lipinski definition) is 3. The number of nitrogens with one attached hydrogen (secondary N) is 2. The van der Waals surface area contributed by atoms with Crippen molar-refractivity contribution in [3.63, 3.8) is 0 Å². The predicted octanol–water partition coefficient (Wildman–Crippen LogP) is 5.88. The first-order chi connectivity index (χ1) is 15.4. The van der Waals surface area contributed by atoms with Crippen LogP contribution in [0.15, 0.2) is 66.7 Å². The maximum atomic E-state index is 13.3.